The molecule has 0 saturated carbocycles. The van der Waals surface area contributed by atoms with E-state index in [1.807, 2.05) is 19.9 Å². The first kappa shape index (κ1) is 15.3. The number of piperidine rings is 1. The molecule has 21 heavy (non-hydrogen) atoms. The van der Waals surface area contributed by atoms with Crippen LogP contribution in [-0.4, -0.2) is 40.8 Å². The van der Waals surface area contributed by atoms with Gasteiger partial charge in [-0.3, -0.25) is 9.59 Å². The molecule has 0 aliphatic carbocycles. The molecule has 1 saturated heterocycles. The van der Waals surface area contributed by atoms with Gasteiger partial charge in [-0.15, -0.1) is 0 Å². The molecule has 0 unspecified atom stereocenters. The number of nitrogens with one attached hydrogen (secondary N) is 1. The minimum absolute atomic E-state index is 0.0403. The van der Waals surface area contributed by atoms with Crippen molar-refractivity contribution in [3.8, 4) is 0 Å². The summed E-state index contributed by atoms with van der Waals surface area (Å²) in [7, 11) is 0. The highest BCUT2D eigenvalue weighted by Crippen LogP contribution is 2.19. The summed E-state index contributed by atoms with van der Waals surface area (Å²) in [6.07, 6.45) is 2.87. The van der Waals surface area contributed by atoms with Gasteiger partial charge in [0.15, 0.2) is 0 Å². The predicted octanol–water partition coefficient (Wildman–Crippen LogP) is 1.24. The lowest BCUT2D eigenvalue weighted by atomic mass is 9.96. The van der Waals surface area contributed by atoms with Gasteiger partial charge < -0.3 is 16.0 Å². The van der Waals surface area contributed by atoms with Crippen molar-refractivity contribution in [3.05, 3.63) is 23.9 Å². The van der Waals surface area contributed by atoms with Crippen LogP contribution in [0.3, 0.4) is 0 Å². The Bertz CT molecular complexity index is 505. The van der Waals surface area contributed by atoms with Crippen LogP contribution in [0.25, 0.3) is 0 Å². The number of anilines is 1. The lowest BCUT2D eigenvalue weighted by Crippen LogP contribution is -2.41. The summed E-state index contributed by atoms with van der Waals surface area (Å²) < 4.78 is 0. The third-order valence-electron chi connectivity index (χ3n) is 3.63. The van der Waals surface area contributed by atoms with Gasteiger partial charge in [-0.1, -0.05) is 0 Å². The number of hydrogen-bond donors (Lipinski definition) is 2. The lowest BCUT2D eigenvalue weighted by molar-refractivity contribution is -0.123. The molecular weight excluding hydrogens is 268 g/mol. The average Bonchev–Trinajstić information content (AvgIpc) is 2.47. The first-order valence-electron chi connectivity index (χ1n) is 7.28. The van der Waals surface area contributed by atoms with Crippen molar-refractivity contribution in [1.29, 1.82) is 0 Å². The third kappa shape index (κ3) is 3.93. The SMILES string of the molecule is CC(C)Nc1ccc(C(=O)N2CCC(C(N)=O)CC2)cn1. The van der Waals surface area contributed by atoms with Gasteiger partial charge in [0.1, 0.15) is 5.82 Å². The zero-order valence-electron chi connectivity index (χ0n) is 12.5. The summed E-state index contributed by atoms with van der Waals surface area (Å²) in [5, 5.41) is 3.18. The zero-order chi connectivity index (χ0) is 15.4. The maximum Gasteiger partial charge on any atom is 0.255 e. The fraction of sp³-hybridized carbons (Fsp3) is 0.533. The minimum Gasteiger partial charge on any atom is -0.369 e. The second-order valence-corrected chi connectivity index (χ2v) is 5.70. The Balaban J connectivity index is 1.96. The number of nitrogens with two attached hydrogens (primary N) is 1. The van der Waals surface area contributed by atoms with Gasteiger partial charge in [-0.2, -0.15) is 0 Å². The van der Waals surface area contributed by atoms with Gasteiger partial charge >= 0.3 is 0 Å². The number of pyridine rings is 1. The fourth-order valence-corrected chi connectivity index (χ4v) is 2.45. The van der Waals surface area contributed by atoms with E-state index in [4.69, 9.17) is 5.73 Å². The van der Waals surface area contributed by atoms with E-state index in [9.17, 15) is 9.59 Å². The highest BCUT2D eigenvalue weighted by atomic mass is 16.2. The largest absolute Gasteiger partial charge is 0.369 e. The summed E-state index contributed by atoms with van der Waals surface area (Å²) in [4.78, 5) is 29.5. The molecule has 0 bridgehead atoms. The Morgan fingerprint density at radius 1 is 1.33 bits per heavy atom. The second kappa shape index (κ2) is 6.56. The first-order chi connectivity index (χ1) is 9.97. The topological polar surface area (TPSA) is 88.3 Å². The Labute approximate surface area is 124 Å². The standard InChI is InChI=1S/C15H22N4O2/c1-10(2)18-13-4-3-12(9-17-13)15(21)19-7-5-11(6-8-19)14(16)20/h3-4,9-11H,5-8H2,1-2H3,(H2,16,20)(H,17,18). The Hall–Kier alpha value is -2.11. The molecule has 1 aliphatic rings. The van der Waals surface area contributed by atoms with Crippen LogP contribution in [0.4, 0.5) is 5.82 Å². The van der Waals surface area contributed by atoms with E-state index in [0.29, 0.717) is 37.5 Å². The fourth-order valence-electron chi connectivity index (χ4n) is 2.45. The van der Waals surface area contributed by atoms with E-state index in [-0.39, 0.29) is 17.7 Å². The summed E-state index contributed by atoms with van der Waals surface area (Å²) in [5.74, 6) is 0.341. The monoisotopic (exact) mass is 290 g/mol. The number of nitrogens with zero attached hydrogens (tertiary/aromatic N) is 2. The first-order valence-corrected chi connectivity index (χ1v) is 7.28. The zero-order valence-corrected chi connectivity index (χ0v) is 12.5. The van der Waals surface area contributed by atoms with E-state index < -0.39 is 0 Å². The summed E-state index contributed by atoms with van der Waals surface area (Å²) in [5.41, 5.74) is 5.87. The van der Waals surface area contributed by atoms with Gasteiger partial charge in [0.05, 0.1) is 5.56 Å². The van der Waals surface area contributed by atoms with Crippen molar-refractivity contribution in [3.63, 3.8) is 0 Å². The molecule has 2 rings (SSSR count). The molecule has 6 heteroatoms. The number of amides is 2. The smallest absolute Gasteiger partial charge is 0.255 e. The molecule has 0 aromatic carbocycles. The number of aromatic nitrogens is 1. The summed E-state index contributed by atoms with van der Waals surface area (Å²) in [6, 6.07) is 3.88. The number of carbonyl (C=O) groups is 2. The van der Waals surface area contributed by atoms with Crippen LogP contribution in [0.1, 0.15) is 37.0 Å². The number of primary amides is 1. The molecule has 1 aliphatic heterocycles. The van der Waals surface area contributed by atoms with Crippen molar-refractivity contribution in [2.24, 2.45) is 11.7 Å². The number of carbonyl (C=O) groups excluding carboxylic acids is 2. The molecule has 1 aromatic rings. The molecule has 2 heterocycles. The van der Waals surface area contributed by atoms with Crippen LogP contribution >= 0.6 is 0 Å². The molecule has 114 valence electrons. The van der Waals surface area contributed by atoms with E-state index in [1.54, 1.807) is 17.2 Å². The molecule has 1 aromatic heterocycles. The summed E-state index contributed by atoms with van der Waals surface area (Å²) in [6.45, 7) is 5.20. The normalized spacial score (nSPS) is 16.0. The molecule has 0 atom stereocenters. The van der Waals surface area contributed by atoms with Gasteiger partial charge in [-0.05, 0) is 38.8 Å². The Morgan fingerprint density at radius 2 is 2.00 bits per heavy atom. The summed E-state index contributed by atoms with van der Waals surface area (Å²) >= 11 is 0. The molecule has 1 fully saturated rings. The average molecular weight is 290 g/mol. The molecule has 0 radical (unpaired) electrons. The van der Waals surface area contributed by atoms with Crippen molar-refractivity contribution >= 4 is 17.6 Å². The van der Waals surface area contributed by atoms with Crippen LogP contribution in [0.15, 0.2) is 18.3 Å². The molecule has 3 N–H and O–H groups in total. The molecule has 6 nitrogen and oxygen atoms in total. The van der Waals surface area contributed by atoms with Gasteiger partial charge in [0, 0.05) is 31.2 Å². The minimum atomic E-state index is -0.270. The molecular formula is C15H22N4O2. The van der Waals surface area contributed by atoms with Crippen LogP contribution in [0.2, 0.25) is 0 Å². The van der Waals surface area contributed by atoms with Gasteiger partial charge in [-0.25, -0.2) is 4.98 Å². The second-order valence-electron chi connectivity index (χ2n) is 5.70. The van der Waals surface area contributed by atoms with E-state index in [2.05, 4.69) is 10.3 Å². The third-order valence-corrected chi connectivity index (χ3v) is 3.63. The predicted molar refractivity (Wildman–Crippen MR) is 80.8 cm³/mol. The quantitative estimate of drug-likeness (QED) is 0.873. The maximum atomic E-state index is 12.4. The lowest BCUT2D eigenvalue weighted by Gasteiger charge is -2.30. The van der Waals surface area contributed by atoms with Crippen molar-refractivity contribution in [1.82, 2.24) is 9.88 Å². The van der Waals surface area contributed by atoms with E-state index in [0.717, 1.165) is 5.82 Å². The highest BCUT2D eigenvalue weighted by Gasteiger charge is 2.26. The van der Waals surface area contributed by atoms with E-state index in [1.165, 1.54) is 0 Å². The van der Waals surface area contributed by atoms with Crippen LogP contribution in [0.5, 0.6) is 0 Å². The Kier molecular flexibility index (Phi) is 4.77. The van der Waals surface area contributed by atoms with Crippen LogP contribution < -0.4 is 11.1 Å². The van der Waals surface area contributed by atoms with Gasteiger partial charge in [0.25, 0.3) is 5.91 Å². The van der Waals surface area contributed by atoms with Crippen LogP contribution in [0, 0.1) is 5.92 Å². The molecule has 2 amide bonds. The van der Waals surface area contributed by atoms with Gasteiger partial charge in [0.2, 0.25) is 5.91 Å². The van der Waals surface area contributed by atoms with Crippen LogP contribution in [-0.2, 0) is 4.79 Å². The number of hydrogen-bond acceptors (Lipinski definition) is 4. The number of rotatable bonds is 4. The Morgan fingerprint density at radius 3 is 2.48 bits per heavy atom. The van der Waals surface area contributed by atoms with Crippen molar-refractivity contribution in [2.45, 2.75) is 32.7 Å². The maximum absolute atomic E-state index is 12.4. The van der Waals surface area contributed by atoms with Crippen molar-refractivity contribution in [2.75, 3.05) is 18.4 Å². The van der Waals surface area contributed by atoms with Crippen molar-refractivity contribution < 1.29 is 9.59 Å². The van der Waals surface area contributed by atoms with E-state index >= 15 is 0 Å². The molecule has 0 spiro atoms. The highest BCUT2D eigenvalue weighted by molar-refractivity contribution is 5.94. The number of likely N-dealkylation sites (tertiary alicyclic amines) is 1.